The summed E-state index contributed by atoms with van der Waals surface area (Å²) in [5.41, 5.74) is -0.581. The summed E-state index contributed by atoms with van der Waals surface area (Å²) in [6.07, 6.45) is -2.90. The number of hydrogen-bond acceptors (Lipinski definition) is 5. The van der Waals surface area contributed by atoms with Gasteiger partial charge >= 0.3 is 6.18 Å². The normalized spacial score (nSPS) is 16.6. The number of alkyl halides is 3. The van der Waals surface area contributed by atoms with Crippen molar-refractivity contribution in [3.05, 3.63) is 48.3 Å². The second kappa shape index (κ2) is 7.96. The summed E-state index contributed by atoms with van der Waals surface area (Å²) in [4.78, 5) is 5.28. The fraction of sp³-hybridized carbons (Fsp3) is 0.389. The van der Waals surface area contributed by atoms with Gasteiger partial charge in [0.25, 0.3) is 0 Å². The number of hydrogen-bond donors (Lipinski definition) is 0. The Morgan fingerprint density at radius 1 is 1.04 bits per heavy atom. The maximum atomic E-state index is 12.9. The molecule has 2 aromatic rings. The number of aromatic nitrogens is 1. The minimum atomic E-state index is -4.52. The van der Waals surface area contributed by atoms with Crippen molar-refractivity contribution in [3.8, 4) is 5.75 Å². The number of halogens is 3. The smallest absolute Gasteiger partial charge is 0.433 e. The van der Waals surface area contributed by atoms with E-state index in [4.69, 9.17) is 4.74 Å². The van der Waals surface area contributed by atoms with Crippen molar-refractivity contribution in [3.63, 3.8) is 0 Å². The lowest BCUT2D eigenvalue weighted by molar-refractivity contribution is -0.141. The quantitative estimate of drug-likeness (QED) is 0.768. The fourth-order valence-electron chi connectivity index (χ4n) is 3.06. The molecule has 10 heteroatoms. The summed E-state index contributed by atoms with van der Waals surface area (Å²) in [6.45, 7) is 1.22. The molecule has 1 aromatic heterocycles. The molecule has 0 atom stereocenters. The van der Waals surface area contributed by atoms with Crippen LogP contribution in [0.5, 0.6) is 5.75 Å². The predicted octanol–water partition coefficient (Wildman–Crippen LogP) is 3.01. The molecule has 0 aliphatic carbocycles. The average molecular weight is 415 g/mol. The van der Waals surface area contributed by atoms with E-state index in [9.17, 15) is 21.6 Å². The van der Waals surface area contributed by atoms with Crippen molar-refractivity contribution in [2.24, 2.45) is 0 Å². The van der Waals surface area contributed by atoms with Gasteiger partial charge in [0.1, 0.15) is 11.4 Å². The second-order valence-electron chi connectivity index (χ2n) is 6.32. The molecule has 6 nitrogen and oxygen atoms in total. The zero-order valence-electron chi connectivity index (χ0n) is 15.2. The molecule has 0 unspecified atom stereocenters. The van der Waals surface area contributed by atoms with Gasteiger partial charge in [-0.15, -0.1) is 0 Å². The number of rotatable bonds is 4. The summed E-state index contributed by atoms with van der Waals surface area (Å²) < 4.78 is 70.9. The van der Waals surface area contributed by atoms with Gasteiger partial charge in [0.2, 0.25) is 10.0 Å². The van der Waals surface area contributed by atoms with Crippen LogP contribution in [0.1, 0.15) is 12.1 Å². The average Bonchev–Trinajstić information content (AvgIpc) is 2.94. The first-order valence-corrected chi connectivity index (χ1v) is 10.1. The zero-order valence-corrected chi connectivity index (χ0v) is 16.0. The number of benzene rings is 1. The highest BCUT2D eigenvalue weighted by Crippen LogP contribution is 2.30. The molecule has 28 heavy (non-hydrogen) atoms. The standard InChI is InChI=1S/C18H20F3N3O3S/c1-27-15-3-5-16(6-4-15)28(25,26)24-10-2-9-23(11-12-24)14-7-8-22-17(13-14)18(19,20)21/h3-8,13H,2,9-12H2,1H3. The summed E-state index contributed by atoms with van der Waals surface area (Å²) in [6, 6.07) is 8.61. The Balaban J connectivity index is 1.76. The van der Waals surface area contributed by atoms with Crippen molar-refractivity contribution < 1.29 is 26.3 Å². The summed E-state index contributed by atoms with van der Waals surface area (Å²) in [7, 11) is -2.19. The minimum absolute atomic E-state index is 0.157. The van der Waals surface area contributed by atoms with E-state index in [2.05, 4.69) is 4.98 Å². The molecule has 0 bridgehead atoms. The maximum absolute atomic E-state index is 12.9. The Morgan fingerprint density at radius 3 is 2.39 bits per heavy atom. The molecule has 0 saturated carbocycles. The Morgan fingerprint density at radius 2 is 1.75 bits per heavy atom. The molecule has 1 saturated heterocycles. The van der Waals surface area contributed by atoms with E-state index in [0.29, 0.717) is 30.9 Å². The van der Waals surface area contributed by atoms with Gasteiger partial charge < -0.3 is 9.64 Å². The van der Waals surface area contributed by atoms with Crippen LogP contribution in [-0.2, 0) is 16.2 Å². The van der Waals surface area contributed by atoms with Crippen LogP contribution in [0.15, 0.2) is 47.5 Å². The largest absolute Gasteiger partial charge is 0.497 e. The van der Waals surface area contributed by atoms with E-state index in [1.165, 1.54) is 29.6 Å². The lowest BCUT2D eigenvalue weighted by Crippen LogP contribution is -2.35. The molecule has 0 radical (unpaired) electrons. The Kier molecular flexibility index (Phi) is 5.80. The van der Waals surface area contributed by atoms with Gasteiger partial charge in [0.15, 0.2) is 0 Å². The lowest BCUT2D eigenvalue weighted by Gasteiger charge is -2.24. The highest BCUT2D eigenvalue weighted by atomic mass is 32.2. The van der Waals surface area contributed by atoms with Crippen LogP contribution < -0.4 is 9.64 Å². The number of methoxy groups -OCH3 is 1. The fourth-order valence-corrected chi connectivity index (χ4v) is 4.53. The van der Waals surface area contributed by atoms with Gasteiger partial charge in [-0.2, -0.15) is 17.5 Å². The first-order valence-electron chi connectivity index (χ1n) is 8.64. The molecule has 3 rings (SSSR count). The topological polar surface area (TPSA) is 62.7 Å². The van der Waals surface area contributed by atoms with Crippen LogP contribution in [0.4, 0.5) is 18.9 Å². The van der Waals surface area contributed by atoms with Gasteiger partial charge in [0.05, 0.1) is 12.0 Å². The molecular weight excluding hydrogens is 395 g/mol. The number of anilines is 1. The van der Waals surface area contributed by atoms with Crippen molar-refractivity contribution >= 4 is 15.7 Å². The third kappa shape index (κ3) is 4.39. The molecule has 1 aliphatic heterocycles. The molecule has 152 valence electrons. The van der Waals surface area contributed by atoms with Crippen LogP contribution in [0.2, 0.25) is 0 Å². The Bertz CT molecular complexity index is 918. The van der Waals surface area contributed by atoms with Crippen LogP contribution in [0.25, 0.3) is 0 Å². The number of pyridine rings is 1. The van der Waals surface area contributed by atoms with E-state index >= 15 is 0 Å². The van der Waals surface area contributed by atoms with Gasteiger partial charge in [-0.05, 0) is 42.8 Å². The van der Waals surface area contributed by atoms with Crippen molar-refractivity contribution in [1.82, 2.24) is 9.29 Å². The summed E-state index contributed by atoms with van der Waals surface area (Å²) in [5, 5.41) is 0. The minimum Gasteiger partial charge on any atom is -0.497 e. The van der Waals surface area contributed by atoms with Crippen LogP contribution in [0.3, 0.4) is 0 Å². The maximum Gasteiger partial charge on any atom is 0.433 e. The number of nitrogens with zero attached hydrogens (tertiary/aromatic N) is 3. The molecule has 1 fully saturated rings. The highest BCUT2D eigenvalue weighted by molar-refractivity contribution is 7.89. The molecule has 0 N–H and O–H groups in total. The first-order chi connectivity index (χ1) is 13.2. The number of sulfonamides is 1. The monoisotopic (exact) mass is 415 g/mol. The van der Waals surface area contributed by atoms with E-state index < -0.39 is 21.9 Å². The predicted molar refractivity (Wildman–Crippen MR) is 97.8 cm³/mol. The first kappa shape index (κ1) is 20.4. The lowest BCUT2D eigenvalue weighted by atomic mass is 10.2. The van der Waals surface area contributed by atoms with Crippen molar-refractivity contribution in [2.75, 3.05) is 38.2 Å². The van der Waals surface area contributed by atoms with E-state index in [0.717, 1.165) is 12.3 Å². The van der Waals surface area contributed by atoms with Gasteiger partial charge in [-0.1, -0.05) is 0 Å². The summed E-state index contributed by atoms with van der Waals surface area (Å²) in [5.74, 6) is 0.555. The van der Waals surface area contributed by atoms with Crippen LogP contribution in [0, 0.1) is 0 Å². The molecule has 2 heterocycles. The Hall–Kier alpha value is -2.33. The van der Waals surface area contributed by atoms with Gasteiger partial charge in [0, 0.05) is 38.1 Å². The van der Waals surface area contributed by atoms with Gasteiger partial charge in [-0.25, -0.2) is 8.42 Å². The molecule has 0 amide bonds. The highest BCUT2D eigenvalue weighted by Gasteiger charge is 2.33. The van der Waals surface area contributed by atoms with Crippen molar-refractivity contribution in [2.45, 2.75) is 17.5 Å². The second-order valence-corrected chi connectivity index (χ2v) is 8.26. The molecule has 1 aliphatic rings. The molecular formula is C18H20F3N3O3S. The van der Waals surface area contributed by atoms with E-state index in [1.54, 1.807) is 17.0 Å². The Labute approximate surface area is 161 Å². The van der Waals surface area contributed by atoms with Gasteiger partial charge in [-0.3, -0.25) is 4.98 Å². The molecule has 1 aromatic carbocycles. The zero-order chi connectivity index (χ0) is 20.4. The number of ether oxygens (including phenoxy) is 1. The van der Waals surface area contributed by atoms with Crippen LogP contribution in [-0.4, -0.2) is 51.0 Å². The SMILES string of the molecule is COc1ccc(S(=O)(=O)N2CCCN(c3ccnc(C(F)(F)F)c3)CC2)cc1. The van der Waals surface area contributed by atoms with Crippen LogP contribution >= 0.6 is 0 Å². The van der Waals surface area contributed by atoms with E-state index in [-0.39, 0.29) is 18.0 Å². The van der Waals surface area contributed by atoms with E-state index in [1.807, 2.05) is 0 Å². The molecule has 0 spiro atoms. The summed E-state index contributed by atoms with van der Waals surface area (Å²) >= 11 is 0. The van der Waals surface area contributed by atoms with Crippen molar-refractivity contribution in [1.29, 1.82) is 0 Å². The third-order valence-electron chi connectivity index (χ3n) is 4.55. The third-order valence-corrected chi connectivity index (χ3v) is 6.46.